The zero-order chi connectivity index (χ0) is 13.5. The van der Waals surface area contributed by atoms with Crippen molar-refractivity contribution in [1.29, 1.82) is 0 Å². The topological polar surface area (TPSA) is 53.8 Å². The van der Waals surface area contributed by atoms with E-state index < -0.39 is 0 Å². The first-order valence-corrected chi connectivity index (χ1v) is 6.92. The Kier molecular flexibility index (Phi) is 5.21. The number of nitrogens with one attached hydrogen (secondary N) is 1. The third-order valence-corrected chi connectivity index (χ3v) is 3.70. The van der Waals surface area contributed by atoms with Crippen molar-refractivity contribution in [2.75, 3.05) is 13.7 Å². The number of hydroxylamine groups is 1. The fourth-order valence-electron chi connectivity index (χ4n) is 2.53. The van der Waals surface area contributed by atoms with Gasteiger partial charge in [0.15, 0.2) is 5.84 Å². The molecule has 0 amide bonds. The minimum absolute atomic E-state index is 0.535. The number of aliphatic imine (C=N–C) groups is 1. The van der Waals surface area contributed by atoms with Gasteiger partial charge in [0.1, 0.15) is 5.75 Å². The maximum Gasteiger partial charge on any atom is 0.152 e. The van der Waals surface area contributed by atoms with Gasteiger partial charge in [-0.25, -0.2) is 0 Å². The van der Waals surface area contributed by atoms with E-state index in [2.05, 4.69) is 10.5 Å². The molecular weight excluding hydrogens is 240 g/mol. The van der Waals surface area contributed by atoms with Crippen LogP contribution in [0, 0.1) is 5.92 Å². The Morgan fingerprint density at radius 1 is 1.26 bits per heavy atom. The van der Waals surface area contributed by atoms with Crippen LogP contribution in [-0.4, -0.2) is 24.7 Å². The van der Waals surface area contributed by atoms with Crippen LogP contribution in [-0.2, 0) is 0 Å². The zero-order valence-electron chi connectivity index (χ0n) is 11.4. The summed E-state index contributed by atoms with van der Waals surface area (Å²) in [6.45, 7) is 0.787. The van der Waals surface area contributed by atoms with E-state index in [1.165, 1.54) is 32.1 Å². The Labute approximate surface area is 114 Å². The van der Waals surface area contributed by atoms with Crippen LogP contribution < -0.4 is 10.2 Å². The number of ether oxygens (including phenoxy) is 1. The fraction of sp³-hybridized carbons (Fsp3) is 0.533. The lowest BCUT2D eigenvalue weighted by Gasteiger charge is -2.19. The number of benzene rings is 1. The molecule has 19 heavy (non-hydrogen) atoms. The second-order valence-corrected chi connectivity index (χ2v) is 5.03. The molecule has 104 valence electrons. The number of hydrogen-bond donors (Lipinski definition) is 2. The summed E-state index contributed by atoms with van der Waals surface area (Å²) >= 11 is 0. The van der Waals surface area contributed by atoms with Crippen LogP contribution in [0.3, 0.4) is 0 Å². The van der Waals surface area contributed by atoms with Gasteiger partial charge in [-0.15, -0.1) is 0 Å². The summed E-state index contributed by atoms with van der Waals surface area (Å²) in [5, 5.41) is 9.22. The average Bonchev–Trinajstić information content (AvgIpc) is 2.49. The Morgan fingerprint density at radius 3 is 2.53 bits per heavy atom. The molecule has 1 saturated carbocycles. The summed E-state index contributed by atoms with van der Waals surface area (Å²) in [7, 11) is 1.64. The molecule has 0 radical (unpaired) electrons. The lowest BCUT2D eigenvalue weighted by molar-refractivity contribution is 0.234. The molecule has 0 unspecified atom stereocenters. The molecule has 0 spiro atoms. The first kappa shape index (κ1) is 13.9. The summed E-state index contributed by atoms with van der Waals surface area (Å²) in [5.41, 5.74) is 3.08. The lowest BCUT2D eigenvalue weighted by Crippen LogP contribution is -2.22. The van der Waals surface area contributed by atoms with Crippen molar-refractivity contribution in [3.8, 4) is 5.75 Å². The minimum atomic E-state index is 0.535. The van der Waals surface area contributed by atoms with Gasteiger partial charge in [0.2, 0.25) is 0 Å². The maximum absolute atomic E-state index is 9.22. The average molecular weight is 262 g/mol. The first-order chi connectivity index (χ1) is 9.33. The molecule has 0 saturated heterocycles. The second kappa shape index (κ2) is 7.14. The van der Waals surface area contributed by atoms with Crippen molar-refractivity contribution in [2.24, 2.45) is 10.9 Å². The van der Waals surface area contributed by atoms with Crippen LogP contribution in [0.5, 0.6) is 5.75 Å². The number of methoxy groups -OCH3 is 1. The zero-order valence-corrected chi connectivity index (χ0v) is 11.4. The quantitative estimate of drug-likeness (QED) is 0.498. The highest BCUT2D eigenvalue weighted by atomic mass is 16.5. The summed E-state index contributed by atoms with van der Waals surface area (Å²) < 4.78 is 5.11. The smallest absolute Gasteiger partial charge is 0.152 e. The second-order valence-electron chi connectivity index (χ2n) is 5.03. The number of hydrogen-bond acceptors (Lipinski definition) is 3. The first-order valence-electron chi connectivity index (χ1n) is 6.92. The maximum atomic E-state index is 9.22. The molecule has 4 heteroatoms. The van der Waals surface area contributed by atoms with Gasteiger partial charge in [-0.05, 0) is 43.0 Å². The molecule has 0 aliphatic heterocycles. The molecule has 0 aromatic heterocycles. The minimum Gasteiger partial charge on any atom is -0.497 e. The van der Waals surface area contributed by atoms with Crippen LogP contribution in [0.2, 0.25) is 0 Å². The number of rotatable bonds is 4. The van der Waals surface area contributed by atoms with Crippen molar-refractivity contribution >= 4 is 5.84 Å². The van der Waals surface area contributed by atoms with Crippen LogP contribution in [0.1, 0.15) is 37.7 Å². The van der Waals surface area contributed by atoms with E-state index in [4.69, 9.17) is 4.74 Å². The fourth-order valence-corrected chi connectivity index (χ4v) is 2.53. The molecular formula is C15H22N2O2. The third-order valence-electron chi connectivity index (χ3n) is 3.70. The highest BCUT2D eigenvalue weighted by Gasteiger charge is 2.13. The van der Waals surface area contributed by atoms with Gasteiger partial charge in [-0.3, -0.25) is 15.7 Å². The predicted molar refractivity (Wildman–Crippen MR) is 75.9 cm³/mol. The van der Waals surface area contributed by atoms with Crippen molar-refractivity contribution < 1.29 is 9.94 Å². The van der Waals surface area contributed by atoms with E-state index in [9.17, 15) is 5.21 Å². The molecule has 0 atom stereocenters. The highest BCUT2D eigenvalue weighted by molar-refractivity contribution is 5.98. The van der Waals surface area contributed by atoms with Crippen LogP contribution in [0.15, 0.2) is 29.3 Å². The molecule has 1 fully saturated rings. The van der Waals surface area contributed by atoms with Gasteiger partial charge in [0.05, 0.1) is 7.11 Å². The number of amidine groups is 1. The van der Waals surface area contributed by atoms with Gasteiger partial charge >= 0.3 is 0 Å². The highest BCUT2D eigenvalue weighted by Crippen LogP contribution is 2.23. The number of nitrogens with zero attached hydrogens (tertiary/aromatic N) is 1. The van der Waals surface area contributed by atoms with Crippen LogP contribution >= 0.6 is 0 Å². The predicted octanol–water partition coefficient (Wildman–Crippen LogP) is 3.00. The summed E-state index contributed by atoms with van der Waals surface area (Å²) in [6, 6.07) is 7.51. The SMILES string of the molecule is COc1ccc(C(=NCC2CCCCC2)NO)cc1. The van der Waals surface area contributed by atoms with Crippen molar-refractivity contribution in [3.05, 3.63) is 29.8 Å². The Bertz CT molecular complexity index is 409. The Balaban J connectivity index is 2.00. The van der Waals surface area contributed by atoms with E-state index >= 15 is 0 Å². The third kappa shape index (κ3) is 3.96. The van der Waals surface area contributed by atoms with Gasteiger partial charge in [0, 0.05) is 12.1 Å². The summed E-state index contributed by atoms with van der Waals surface area (Å²) in [5.74, 6) is 2.00. The van der Waals surface area contributed by atoms with E-state index in [0.29, 0.717) is 11.8 Å². The normalized spacial score (nSPS) is 17.3. The Hall–Kier alpha value is -1.55. The van der Waals surface area contributed by atoms with E-state index in [0.717, 1.165) is 17.9 Å². The van der Waals surface area contributed by atoms with E-state index in [-0.39, 0.29) is 0 Å². The van der Waals surface area contributed by atoms with Crippen molar-refractivity contribution in [1.82, 2.24) is 5.48 Å². The van der Waals surface area contributed by atoms with Crippen molar-refractivity contribution in [2.45, 2.75) is 32.1 Å². The van der Waals surface area contributed by atoms with E-state index in [1.807, 2.05) is 24.3 Å². The molecule has 0 bridgehead atoms. The van der Waals surface area contributed by atoms with Crippen molar-refractivity contribution in [3.63, 3.8) is 0 Å². The molecule has 1 aromatic rings. The molecule has 1 aromatic carbocycles. The molecule has 2 rings (SSSR count). The van der Waals surface area contributed by atoms with E-state index in [1.54, 1.807) is 7.11 Å². The molecule has 0 heterocycles. The van der Waals surface area contributed by atoms with Gasteiger partial charge < -0.3 is 4.74 Å². The Morgan fingerprint density at radius 2 is 1.95 bits per heavy atom. The molecule has 2 N–H and O–H groups in total. The lowest BCUT2D eigenvalue weighted by atomic mass is 9.89. The largest absolute Gasteiger partial charge is 0.497 e. The monoisotopic (exact) mass is 262 g/mol. The van der Waals surface area contributed by atoms with Crippen LogP contribution in [0.4, 0.5) is 0 Å². The van der Waals surface area contributed by atoms with Crippen LogP contribution in [0.25, 0.3) is 0 Å². The standard InChI is InChI=1S/C15H22N2O2/c1-19-14-9-7-13(8-10-14)15(17-18)16-11-12-5-3-2-4-6-12/h7-10,12,18H,2-6,11H2,1H3,(H,16,17). The van der Waals surface area contributed by atoms with Gasteiger partial charge in [-0.2, -0.15) is 0 Å². The molecule has 4 nitrogen and oxygen atoms in total. The summed E-state index contributed by atoms with van der Waals surface area (Å²) in [6.07, 6.45) is 6.48. The van der Waals surface area contributed by atoms with Gasteiger partial charge in [0.25, 0.3) is 0 Å². The summed E-state index contributed by atoms with van der Waals surface area (Å²) in [4.78, 5) is 4.51. The van der Waals surface area contributed by atoms with Gasteiger partial charge in [-0.1, -0.05) is 19.3 Å². The molecule has 1 aliphatic carbocycles. The molecule has 1 aliphatic rings.